The molecule has 1 aliphatic heterocycles. The van der Waals surface area contributed by atoms with Gasteiger partial charge in [-0.3, -0.25) is 0 Å². The van der Waals surface area contributed by atoms with Crippen LogP contribution < -0.4 is 4.90 Å². The van der Waals surface area contributed by atoms with Gasteiger partial charge in [-0.2, -0.15) is 0 Å². The second-order valence-corrected chi connectivity index (χ2v) is 6.83. The lowest BCUT2D eigenvalue weighted by molar-refractivity contribution is -0.111. The Kier molecular flexibility index (Phi) is 4.36. The molecule has 2 heterocycles. The maximum absolute atomic E-state index is 11.3. The first-order valence-corrected chi connectivity index (χ1v) is 8.84. The molecule has 1 saturated heterocycles. The van der Waals surface area contributed by atoms with E-state index in [0.29, 0.717) is 11.6 Å². The van der Waals surface area contributed by atoms with Crippen molar-refractivity contribution in [3.8, 4) is 11.1 Å². The first-order valence-electron chi connectivity index (χ1n) is 8.46. The maximum Gasteiger partial charge on any atom is 0.140 e. The summed E-state index contributed by atoms with van der Waals surface area (Å²) >= 11 is 6.19. The number of fused-ring (bicyclic) bond motifs is 1. The Bertz CT molecular complexity index is 922. The van der Waals surface area contributed by atoms with Crippen LogP contribution in [0.2, 0.25) is 5.02 Å². The van der Waals surface area contributed by atoms with E-state index in [9.17, 15) is 4.79 Å². The van der Waals surface area contributed by atoms with E-state index in [1.807, 2.05) is 36.4 Å². The smallest absolute Gasteiger partial charge is 0.140 e. The van der Waals surface area contributed by atoms with Crippen molar-refractivity contribution < 1.29 is 4.79 Å². The van der Waals surface area contributed by atoms with Gasteiger partial charge in [0.05, 0.1) is 10.9 Å². The molecule has 0 bridgehead atoms. The zero-order valence-corrected chi connectivity index (χ0v) is 14.5. The second kappa shape index (κ2) is 6.81. The van der Waals surface area contributed by atoms with Crippen molar-refractivity contribution in [3.05, 3.63) is 53.8 Å². The van der Waals surface area contributed by atoms with Gasteiger partial charge >= 0.3 is 0 Å². The number of hydrogen-bond acceptors (Lipinski definition) is 4. The molecule has 0 spiro atoms. The number of benzene rings is 2. The molecular weight excluding hydrogens is 334 g/mol. The Hall–Kier alpha value is -2.46. The van der Waals surface area contributed by atoms with E-state index in [2.05, 4.69) is 20.9 Å². The van der Waals surface area contributed by atoms with Crippen LogP contribution in [0, 0.1) is 5.92 Å². The number of halogens is 1. The normalized spacial score (nSPS) is 17.6. The van der Waals surface area contributed by atoms with Gasteiger partial charge in [0.25, 0.3) is 0 Å². The lowest BCUT2D eigenvalue weighted by Gasteiger charge is -2.32. The third kappa shape index (κ3) is 3.10. The third-order valence-corrected chi connectivity index (χ3v) is 4.96. The van der Waals surface area contributed by atoms with Gasteiger partial charge in [0, 0.05) is 24.0 Å². The molecule has 3 aromatic rings. The molecule has 1 unspecified atom stereocenters. The first kappa shape index (κ1) is 16.0. The number of rotatable bonds is 3. The Morgan fingerprint density at radius 2 is 2.04 bits per heavy atom. The summed E-state index contributed by atoms with van der Waals surface area (Å²) in [4.78, 5) is 22.5. The summed E-state index contributed by atoms with van der Waals surface area (Å²) in [6.45, 7) is 1.61. The fourth-order valence-corrected chi connectivity index (χ4v) is 3.73. The highest BCUT2D eigenvalue weighted by atomic mass is 35.5. The van der Waals surface area contributed by atoms with Gasteiger partial charge in [0.2, 0.25) is 0 Å². The Balaban J connectivity index is 1.89. The molecule has 4 nitrogen and oxygen atoms in total. The molecule has 5 heteroatoms. The quantitative estimate of drug-likeness (QED) is 0.657. The van der Waals surface area contributed by atoms with Crippen LogP contribution in [0.5, 0.6) is 0 Å². The fourth-order valence-electron chi connectivity index (χ4n) is 3.54. The number of aldehydes is 1. The topological polar surface area (TPSA) is 46.1 Å². The van der Waals surface area contributed by atoms with Crippen molar-refractivity contribution in [2.45, 2.75) is 12.8 Å². The summed E-state index contributed by atoms with van der Waals surface area (Å²) in [6.07, 6.45) is 4.61. The predicted molar refractivity (Wildman–Crippen MR) is 101 cm³/mol. The van der Waals surface area contributed by atoms with Crippen molar-refractivity contribution in [1.29, 1.82) is 0 Å². The third-order valence-electron chi connectivity index (χ3n) is 4.73. The van der Waals surface area contributed by atoms with E-state index >= 15 is 0 Å². The predicted octanol–water partition coefficient (Wildman–Crippen LogP) is 4.37. The number of anilines is 1. The molecule has 25 heavy (non-hydrogen) atoms. The maximum atomic E-state index is 11.3. The van der Waals surface area contributed by atoms with Gasteiger partial charge in [0.15, 0.2) is 0 Å². The van der Waals surface area contributed by atoms with Gasteiger partial charge in [-0.15, -0.1) is 0 Å². The largest absolute Gasteiger partial charge is 0.355 e. The number of carbonyl (C=O) groups excluding carboxylic acids is 1. The van der Waals surface area contributed by atoms with Crippen LogP contribution in [0.4, 0.5) is 5.82 Å². The van der Waals surface area contributed by atoms with Crippen LogP contribution in [0.25, 0.3) is 22.0 Å². The molecule has 0 radical (unpaired) electrons. The Labute approximate surface area is 151 Å². The van der Waals surface area contributed by atoms with Crippen LogP contribution in [-0.2, 0) is 4.79 Å². The van der Waals surface area contributed by atoms with Gasteiger partial charge in [-0.1, -0.05) is 35.9 Å². The standard InChI is InChI=1S/C20H18ClN3O/c21-16-6-1-5-15(10-16)17-7-2-8-18-19(17)20(23-13-22-18)24-9-3-4-14(11-24)12-25/h1-2,5-8,10,12-14H,3-4,9,11H2. The van der Waals surface area contributed by atoms with Gasteiger partial charge in [-0.25, -0.2) is 9.97 Å². The minimum atomic E-state index is 0.0668. The first-order chi connectivity index (χ1) is 12.3. The number of aromatic nitrogens is 2. The van der Waals surface area contributed by atoms with E-state index in [-0.39, 0.29) is 5.92 Å². The molecule has 4 rings (SSSR count). The van der Waals surface area contributed by atoms with Crippen LogP contribution in [-0.4, -0.2) is 29.3 Å². The number of nitrogens with zero attached hydrogens (tertiary/aromatic N) is 3. The van der Waals surface area contributed by atoms with Crippen molar-refractivity contribution in [1.82, 2.24) is 9.97 Å². The zero-order valence-electron chi connectivity index (χ0n) is 13.7. The highest BCUT2D eigenvalue weighted by Gasteiger charge is 2.23. The minimum absolute atomic E-state index is 0.0668. The molecule has 1 aromatic heterocycles. The molecule has 0 N–H and O–H groups in total. The number of carbonyl (C=O) groups is 1. The minimum Gasteiger partial charge on any atom is -0.355 e. The second-order valence-electron chi connectivity index (χ2n) is 6.39. The summed E-state index contributed by atoms with van der Waals surface area (Å²) < 4.78 is 0. The average molecular weight is 352 g/mol. The van der Waals surface area contributed by atoms with Crippen LogP contribution in [0.1, 0.15) is 12.8 Å². The van der Waals surface area contributed by atoms with E-state index in [0.717, 1.165) is 53.5 Å². The summed E-state index contributed by atoms with van der Waals surface area (Å²) in [7, 11) is 0. The van der Waals surface area contributed by atoms with Crippen LogP contribution in [0.15, 0.2) is 48.8 Å². The Morgan fingerprint density at radius 3 is 2.88 bits per heavy atom. The number of hydrogen-bond donors (Lipinski definition) is 0. The van der Waals surface area contributed by atoms with E-state index in [1.54, 1.807) is 6.33 Å². The van der Waals surface area contributed by atoms with Crippen molar-refractivity contribution in [2.24, 2.45) is 5.92 Å². The highest BCUT2D eigenvalue weighted by molar-refractivity contribution is 6.31. The molecule has 1 aliphatic rings. The van der Waals surface area contributed by atoms with E-state index in [1.165, 1.54) is 0 Å². The highest BCUT2D eigenvalue weighted by Crippen LogP contribution is 2.35. The molecule has 126 valence electrons. The molecule has 0 aliphatic carbocycles. The van der Waals surface area contributed by atoms with Gasteiger partial charge in [-0.05, 0) is 42.2 Å². The van der Waals surface area contributed by atoms with Gasteiger partial charge in [0.1, 0.15) is 18.4 Å². The van der Waals surface area contributed by atoms with Crippen LogP contribution in [0.3, 0.4) is 0 Å². The molecular formula is C20H18ClN3O. The zero-order chi connectivity index (χ0) is 17.2. The fraction of sp³-hybridized carbons (Fsp3) is 0.250. The summed E-state index contributed by atoms with van der Waals surface area (Å²) in [5, 5.41) is 1.71. The molecule has 0 amide bonds. The van der Waals surface area contributed by atoms with Gasteiger partial charge < -0.3 is 9.69 Å². The lowest BCUT2D eigenvalue weighted by Crippen LogP contribution is -2.36. The lowest BCUT2D eigenvalue weighted by atomic mass is 9.97. The molecule has 1 atom stereocenters. The SMILES string of the molecule is O=CC1CCCN(c2ncnc3cccc(-c4cccc(Cl)c4)c23)C1. The van der Waals surface area contributed by atoms with Crippen molar-refractivity contribution in [2.75, 3.05) is 18.0 Å². The van der Waals surface area contributed by atoms with E-state index in [4.69, 9.17) is 11.6 Å². The van der Waals surface area contributed by atoms with Crippen molar-refractivity contribution in [3.63, 3.8) is 0 Å². The summed E-state index contributed by atoms with van der Waals surface area (Å²) in [5.41, 5.74) is 3.00. The monoisotopic (exact) mass is 351 g/mol. The average Bonchev–Trinajstić information content (AvgIpc) is 2.67. The molecule has 2 aromatic carbocycles. The molecule has 0 saturated carbocycles. The summed E-state index contributed by atoms with van der Waals surface area (Å²) in [5.74, 6) is 0.962. The summed E-state index contributed by atoms with van der Waals surface area (Å²) in [6, 6.07) is 13.9. The Morgan fingerprint density at radius 1 is 1.16 bits per heavy atom. The number of piperidine rings is 1. The van der Waals surface area contributed by atoms with Crippen molar-refractivity contribution >= 4 is 34.6 Å². The van der Waals surface area contributed by atoms with Crippen LogP contribution >= 0.6 is 11.6 Å². The van der Waals surface area contributed by atoms with E-state index < -0.39 is 0 Å². The molecule has 1 fully saturated rings.